The summed E-state index contributed by atoms with van der Waals surface area (Å²) in [5.41, 5.74) is 8.15. The molecule has 0 saturated carbocycles. The van der Waals surface area contributed by atoms with Crippen LogP contribution in [0.15, 0.2) is 30.0 Å². The first-order valence-electron chi connectivity index (χ1n) is 9.58. The zero-order chi connectivity index (χ0) is 20.5. The zero-order valence-corrected chi connectivity index (χ0v) is 16.8. The number of carbonyl (C=O) groups is 3. The predicted octanol–water partition coefficient (Wildman–Crippen LogP) is 2.82. The minimum atomic E-state index is -0.771. The van der Waals surface area contributed by atoms with E-state index in [-0.39, 0.29) is 11.7 Å². The Balaban J connectivity index is 1.85. The second kappa shape index (κ2) is 7.66. The van der Waals surface area contributed by atoms with Crippen LogP contribution in [0.4, 0.5) is 11.4 Å². The molecule has 1 atom stereocenters. The summed E-state index contributed by atoms with van der Waals surface area (Å²) in [5.74, 6) is -0.508. The van der Waals surface area contributed by atoms with Crippen LogP contribution >= 0.6 is 0 Å². The van der Waals surface area contributed by atoms with E-state index in [1.807, 2.05) is 38.1 Å². The van der Waals surface area contributed by atoms with Gasteiger partial charge in [-0.2, -0.15) is 0 Å². The van der Waals surface area contributed by atoms with Crippen LogP contribution in [0.2, 0.25) is 0 Å². The number of allylic oxidation sites excluding steroid dienone is 2. The van der Waals surface area contributed by atoms with Gasteiger partial charge in [-0.05, 0) is 63.8 Å². The Kier molecular flexibility index (Phi) is 5.45. The molecule has 0 fully saturated rings. The maximum absolute atomic E-state index is 13.0. The summed E-state index contributed by atoms with van der Waals surface area (Å²) in [6, 6.07) is 4.81. The number of ketones is 1. The van der Waals surface area contributed by atoms with Gasteiger partial charge in [-0.25, -0.2) is 4.79 Å². The molecule has 0 saturated heterocycles. The summed E-state index contributed by atoms with van der Waals surface area (Å²) in [5, 5.41) is 0. The number of hydrogen-bond acceptors (Lipinski definition) is 6. The van der Waals surface area contributed by atoms with E-state index in [9.17, 15) is 14.4 Å². The van der Waals surface area contributed by atoms with Gasteiger partial charge in [0, 0.05) is 12.1 Å². The van der Waals surface area contributed by atoms with Crippen molar-refractivity contribution in [1.29, 1.82) is 0 Å². The Morgan fingerprint density at radius 1 is 1.21 bits per heavy atom. The molecule has 3 rings (SSSR count). The second-order valence-corrected chi connectivity index (χ2v) is 7.77. The van der Waals surface area contributed by atoms with Crippen LogP contribution in [-0.4, -0.2) is 30.8 Å². The Hall–Kier alpha value is -2.83. The second-order valence-electron chi connectivity index (χ2n) is 7.77. The molecule has 2 N–H and O–H groups in total. The highest BCUT2D eigenvalue weighted by Crippen LogP contribution is 2.43. The van der Waals surface area contributed by atoms with Crippen molar-refractivity contribution in [3.05, 3.63) is 35.5 Å². The van der Waals surface area contributed by atoms with Crippen molar-refractivity contribution < 1.29 is 19.1 Å². The fourth-order valence-corrected chi connectivity index (χ4v) is 3.70. The van der Waals surface area contributed by atoms with Crippen molar-refractivity contribution in [2.45, 2.75) is 57.9 Å². The van der Waals surface area contributed by atoms with E-state index in [0.717, 1.165) is 30.5 Å². The average Bonchev–Trinajstić information content (AvgIpc) is 2.81. The Morgan fingerprint density at radius 3 is 2.68 bits per heavy atom. The first-order valence-corrected chi connectivity index (χ1v) is 9.58. The maximum atomic E-state index is 13.0. The first-order chi connectivity index (χ1) is 13.3. The molecule has 2 aliphatic rings. The fourth-order valence-electron chi connectivity index (χ4n) is 3.70. The lowest BCUT2D eigenvalue weighted by atomic mass is 9.86. The standard InChI is InChI=1S/C21H27N3O4/c1-13(19(26)28-4)24-17-11-10-14(12-15(17)21(2,3)20(24)27)22-23-16-8-6-5-7-9-18(16)25/h8,10-13,22-23H,5-7,9H2,1-4H3. The van der Waals surface area contributed by atoms with E-state index in [0.29, 0.717) is 17.8 Å². The van der Waals surface area contributed by atoms with E-state index < -0.39 is 17.4 Å². The minimum absolute atomic E-state index is 0.0970. The van der Waals surface area contributed by atoms with Gasteiger partial charge >= 0.3 is 5.97 Å². The molecule has 1 aromatic carbocycles. The third kappa shape index (κ3) is 3.48. The Bertz CT molecular complexity index is 844. The smallest absolute Gasteiger partial charge is 0.328 e. The van der Waals surface area contributed by atoms with Gasteiger partial charge in [0.25, 0.3) is 0 Å². The zero-order valence-electron chi connectivity index (χ0n) is 16.8. The van der Waals surface area contributed by atoms with Crippen LogP contribution in [0.3, 0.4) is 0 Å². The van der Waals surface area contributed by atoms with Crippen molar-refractivity contribution >= 4 is 29.0 Å². The highest BCUT2D eigenvalue weighted by Gasteiger charge is 2.47. The number of esters is 1. The van der Waals surface area contributed by atoms with Crippen LogP contribution < -0.4 is 15.8 Å². The number of methoxy groups -OCH3 is 1. The lowest BCUT2D eigenvalue weighted by Gasteiger charge is -2.25. The molecule has 1 amide bonds. The summed E-state index contributed by atoms with van der Waals surface area (Å²) in [6.45, 7) is 5.34. The maximum Gasteiger partial charge on any atom is 0.328 e. The Morgan fingerprint density at radius 2 is 1.96 bits per heavy atom. The number of hydrazine groups is 1. The predicted molar refractivity (Wildman–Crippen MR) is 107 cm³/mol. The molecule has 150 valence electrons. The molecule has 1 unspecified atom stereocenters. The lowest BCUT2D eigenvalue weighted by Crippen LogP contribution is -2.45. The van der Waals surface area contributed by atoms with Gasteiger partial charge in [0.2, 0.25) is 5.91 Å². The van der Waals surface area contributed by atoms with E-state index >= 15 is 0 Å². The topological polar surface area (TPSA) is 87.7 Å². The molecular weight excluding hydrogens is 358 g/mol. The summed E-state index contributed by atoms with van der Waals surface area (Å²) in [7, 11) is 1.31. The molecule has 28 heavy (non-hydrogen) atoms. The van der Waals surface area contributed by atoms with E-state index in [2.05, 4.69) is 10.9 Å². The fraction of sp³-hybridized carbons (Fsp3) is 0.476. The quantitative estimate of drug-likeness (QED) is 0.599. The molecule has 1 aromatic rings. The largest absolute Gasteiger partial charge is 0.467 e. The molecule has 1 aliphatic carbocycles. The molecular formula is C21H27N3O4. The van der Waals surface area contributed by atoms with Gasteiger partial charge in [0.15, 0.2) is 5.78 Å². The lowest BCUT2D eigenvalue weighted by molar-refractivity contribution is -0.143. The molecule has 0 bridgehead atoms. The van der Waals surface area contributed by atoms with E-state index in [1.165, 1.54) is 12.0 Å². The molecule has 0 radical (unpaired) electrons. The summed E-state index contributed by atoms with van der Waals surface area (Å²) in [4.78, 5) is 38.6. The number of ether oxygens (including phenoxy) is 1. The summed E-state index contributed by atoms with van der Waals surface area (Å²) in [6.07, 6.45) is 5.27. The number of Topliss-reactive ketones (excluding diaryl/α,β-unsaturated/α-hetero) is 1. The van der Waals surface area contributed by atoms with Crippen molar-refractivity contribution in [2.75, 3.05) is 17.4 Å². The van der Waals surface area contributed by atoms with Gasteiger partial charge in [0.05, 0.1) is 23.9 Å². The van der Waals surface area contributed by atoms with Gasteiger partial charge in [0.1, 0.15) is 6.04 Å². The van der Waals surface area contributed by atoms with Crippen molar-refractivity contribution in [3.63, 3.8) is 0 Å². The molecule has 0 aromatic heterocycles. The number of hydrogen-bond donors (Lipinski definition) is 2. The molecule has 1 aliphatic heterocycles. The SMILES string of the molecule is COC(=O)C(C)N1C(=O)C(C)(C)c2cc(NNC3=CCCCCC3=O)ccc21. The van der Waals surface area contributed by atoms with Crippen molar-refractivity contribution in [3.8, 4) is 0 Å². The van der Waals surface area contributed by atoms with Crippen LogP contribution in [0.25, 0.3) is 0 Å². The number of benzene rings is 1. The number of amides is 1. The molecule has 0 spiro atoms. The average molecular weight is 385 g/mol. The van der Waals surface area contributed by atoms with Crippen molar-refractivity contribution in [1.82, 2.24) is 5.43 Å². The first kappa shape index (κ1) is 19.9. The molecule has 1 heterocycles. The highest BCUT2D eigenvalue weighted by atomic mass is 16.5. The third-order valence-corrected chi connectivity index (χ3v) is 5.46. The third-order valence-electron chi connectivity index (χ3n) is 5.46. The van der Waals surface area contributed by atoms with E-state index in [1.54, 1.807) is 6.92 Å². The minimum Gasteiger partial charge on any atom is -0.467 e. The van der Waals surface area contributed by atoms with Gasteiger partial charge in [-0.1, -0.05) is 6.08 Å². The molecule has 7 nitrogen and oxygen atoms in total. The molecule has 7 heteroatoms. The van der Waals surface area contributed by atoms with Crippen LogP contribution in [0.5, 0.6) is 0 Å². The number of rotatable bonds is 5. The number of nitrogens with zero attached hydrogens (tertiary/aromatic N) is 1. The number of carbonyl (C=O) groups excluding carboxylic acids is 3. The van der Waals surface area contributed by atoms with Gasteiger partial charge < -0.3 is 10.2 Å². The highest BCUT2D eigenvalue weighted by molar-refractivity contribution is 6.11. The Labute approximate surface area is 165 Å². The van der Waals surface area contributed by atoms with Gasteiger partial charge in [-0.15, -0.1) is 0 Å². The monoisotopic (exact) mass is 385 g/mol. The normalized spacial score (nSPS) is 19.4. The summed E-state index contributed by atoms with van der Waals surface area (Å²) < 4.78 is 4.81. The number of fused-ring (bicyclic) bond motifs is 1. The van der Waals surface area contributed by atoms with E-state index in [4.69, 9.17) is 4.74 Å². The number of nitrogens with one attached hydrogen (secondary N) is 2. The van der Waals surface area contributed by atoms with Crippen LogP contribution in [-0.2, 0) is 24.5 Å². The van der Waals surface area contributed by atoms with Crippen molar-refractivity contribution in [2.24, 2.45) is 0 Å². The summed E-state index contributed by atoms with van der Waals surface area (Å²) >= 11 is 0. The number of anilines is 2. The van der Waals surface area contributed by atoms with Crippen LogP contribution in [0, 0.1) is 0 Å². The van der Waals surface area contributed by atoms with Gasteiger partial charge in [-0.3, -0.25) is 19.9 Å². The van der Waals surface area contributed by atoms with Crippen LogP contribution in [0.1, 0.15) is 52.0 Å².